The van der Waals surface area contributed by atoms with Crippen molar-refractivity contribution < 1.29 is 69.6 Å². The molecule has 0 bridgehead atoms. The number of nitrogens with one attached hydrogen (secondary N) is 3. The van der Waals surface area contributed by atoms with Gasteiger partial charge in [-0.2, -0.15) is 67.3 Å². The number of halogens is 3. The van der Waals surface area contributed by atoms with Gasteiger partial charge in [-0.25, -0.2) is 0 Å². The zero-order valence-electron chi connectivity index (χ0n) is 33.8. The highest BCUT2D eigenvalue weighted by molar-refractivity contribution is 7.86. The summed E-state index contributed by atoms with van der Waals surface area (Å²) < 4.78 is 169. The first-order chi connectivity index (χ1) is 31.5. The van der Waals surface area contributed by atoms with Crippen LogP contribution in [-0.4, -0.2) is 110 Å². The van der Waals surface area contributed by atoms with E-state index in [2.05, 4.69) is 51.4 Å². The molecule has 34 heteroatoms. The van der Waals surface area contributed by atoms with Gasteiger partial charge in [-0.1, -0.05) is 40.9 Å². The molecule has 0 spiro atoms. The highest BCUT2D eigenvalue weighted by Gasteiger charge is 2.20. The molecule has 0 aliphatic carbocycles. The van der Waals surface area contributed by atoms with Crippen molar-refractivity contribution >= 4 is 137 Å². The molecule has 68 heavy (non-hydrogen) atoms. The monoisotopic (exact) mass is 1100 g/mol. The summed E-state index contributed by atoms with van der Waals surface area (Å²) in [6.07, 6.45) is -0.624. The fourth-order valence-corrected chi connectivity index (χ4v) is 8.52. The first kappa shape index (κ1) is 53.7. The number of aryl methyl sites for hydroxylation is 1. The van der Waals surface area contributed by atoms with E-state index >= 15 is 0 Å². The number of hydrogen-bond donors (Lipinski definition) is 8. The van der Waals surface area contributed by atoms with Crippen molar-refractivity contribution in [1.29, 1.82) is 0 Å². The zero-order valence-corrected chi connectivity index (χ0v) is 40.2. The van der Waals surface area contributed by atoms with E-state index in [-0.39, 0.29) is 91.4 Å². The summed E-state index contributed by atoms with van der Waals surface area (Å²) in [7, 11) is -22.8. The molecule has 1 aromatic heterocycles. The van der Waals surface area contributed by atoms with Crippen LogP contribution < -0.4 is 20.7 Å². The van der Waals surface area contributed by atoms with E-state index in [1.807, 2.05) is 0 Å². The van der Waals surface area contributed by atoms with Crippen LogP contribution in [0.1, 0.15) is 12.0 Å². The van der Waals surface area contributed by atoms with E-state index in [9.17, 15) is 64.9 Å². The normalized spacial score (nSPS) is 12.7. The molecule has 0 saturated carbocycles. The maximum absolute atomic E-state index is 11.8. The maximum atomic E-state index is 11.8. The topological polar surface area (TPSA) is 405 Å². The summed E-state index contributed by atoms with van der Waals surface area (Å²) >= 11 is 19.0. The summed E-state index contributed by atoms with van der Waals surface area (Å²) in [5, 5.41) is 23.6. The molecule has 5 rings (SSSR count). The molecule has 26 nitrogen and oxygen atoms in total. The third kappa shape index (κ3) is 17.0. The molecular formula is C34H33Cl3N10O16S5. The number of rotatable bonds is 22. The standard InChI is InChI=1S/C34H33Cl3N10O16S5/c35-23-6-5-21(15-31(23)68(60,61)62)45-47-28-18-30(63-9-2-10-64(48,49)50)29(17-25(28)37)40-34-42-32(38-8-12-66(54,55)56)41-33(43-34)39-26-16-24(36)27(13-19(26)7-11-65(51,52)53)46-44-20-3-1-4-22(14-20)67(57,58)59/h1,3-6,13-18H,2,7-12H2,(H,48,49,50)(H,51,52,53)(H,54,55,56)(H,57,58,59)(H,60,61,62)(H3,38,39,40,41,42,43). The Balaban J connectivity index is 1.56. The first-order valence-electron chi connectivity index (χ1n) is 18.4. The molecule has 1 heterocycles. The lowest BCUT2D eigenvalue weighted by Crippen LogP contribution is -2.17. The average molecular weight is 1100 g/mol. The van der Waals surface area contributed by atoms with Gasteiger partial charge in [0.25, 0.3) is 50.6 Å². The van der Waals surface area contributed by atoms with Crippen LogP contribution in [0.4, 0.5) is 52.0 Å². The Morgan fingerprint density at radius 1 is 0.559 bits per heavy atom. The minimum Gasteiger partial charge on any atom is -0.491 e. The SMILES string of the molecule is O=S(=O)(O)CCCOc1cc(N=Nc2ccc(Cl)c(S(=O)(=O)O)c2)c(Cl)cc1Nc1nc(NCCS(=O)(=O)O)nc(Nc2cc(Cl)c(N=Nc3cccc(S(=O)(=O)O)c3)cc2CCS(=O)(=O)O)n1. The van der Waals surface area contributed by atoms with Crippen LogP contribution in [0.15, 0.2) is 97.0 Å². The number of hydrogen-bond acceptors (Lipinski definition) is 21. The third-order valence-corrected chi connectivity index (χ3v) is 13.3. The van der Waals surface area contributed by atoms with Crippen LogP contribution in [0, 0.1) is 0 Å². The number of benzene rings is 4. The van der Waals surface area contributed by atoms with Gasteiger partial charge >= 0.3 is 0 Å². The van der Waals surface area contributed by atoms with Crippen LogP contribution in [0.3, 0.4) is 0 Å². The second-order valence-electron chi connectivity index (χ2n) is 13.5. The first-order valence-corrected chi connectivity index (χ1v) is 27.2. The highest BCUT2D eigenvalue weighted by Crippen LogP contribution is 2.40. The molecule has 0 fully saturated rings. The van der Waals surface area contributed by atoms with Gasteiger partial charge in [0, 0.05) is 18.3 Å². The lowest BCUT2D eigenvalue weighted by Gasteiger charge is -2.16. The van der Waals surface area contributed by atoms with Crippen molar-refractivity contribution in [2.45, 2.75) is 22.6 Å². The molecule has 366 valence electrons. The molecule has 0 saturated heterocycles. The Morgan fingerprint density at radius 2 is 1.12 bits per heavy atom. The van der Waals surface area contributed by atoms with Gasteiger partial charge in [0.2, 0.25) is 17.8 Å². The molecule has 0 unspecified atom stereocenters. The molecule has 5 aromatic rings. The minimum atomic E-state index is -4.75. The summed E-state index contributed by atoms with van der Waals surface area (Å²) in [5.74, 6) is -3.50. The average Bonchev–Trinajstić information content (AvgIpc) is 3.20. The van der Waals surface area contributed by atoms with Crippen molar-refractivity contribution in [3.8, 4) is 5.75 Å². The molecule has 0 aliphatic heterocycles. The van der Waals surface area contributed by atoms with Gasteiger partial charge in [0.05, 0.1) is 60.9 Å². The van der Waals surface area contributed by atoms with Crippen LogP contribution in [-0.2, 0) is 57.0 Å². The lowest BCUT2D eigenvalue weighted by atomic mass is 10.1. The van der Waals surface area contributed by atoms with Crippen molar-refractivity contribution in [3.63, 3.8) is 0 Å². The van der Waals surface area contributed by atoms with Crippen molar-refractivity contribution in [3.05, 3.63) is 87.4 Å². The summed E-state index contributed by atoms with van der Waals surface area (Å²) in [5.41, 5.74) is -0.245. The third-order valence-electron chi connectivity index (χ3n) is 8.28. The Labute approximate surface area is 402 Å². The predicted molar refractivity (Wildman–Crippen MR) is 247 cm³/mol. The van der Waals surface area contributed by atoms with E-state index in [1.165, 1.54) is 42.5 Å². The van der Waals surface area contributed by atoms with Gasteiger partial charge in [0.1, 0.15) is 22.0 Å². The predicted octanol–water partition coefficient (Wildman–Crippen LogP) is 7.03. The van der Waals surface area contributed by atoms with Gasteiger partial charge in [0.15, 0.2) is 0 Å². The molecule has 0 atom stereocenters. The second kappa shape index (κ2) is 22.0. The van der Waals surface area contributed by atoms with E-state index in [4.69, 9.17) is 39.5 Å². The second-order valence-corrected chi connectivity index (χ2v) is 22.3. The number of nitrogens with zero attached hydrogens (tertiary/aromatic N) is 7. The molecule has 0 radical (unpaired) electrons. The minimum absolute atomic E-state index is 0.0111. The Morgan fingerprint density at radius 3 is 1.71 bits per heavy atom. The van der Waals surface area contributed by atoms with Gasteiger partial charge < -0.3 is 20.7 Å². The Hall–Kier alpha value is -5.29. The Kier molecular flexibility index (Phi) is 17.4. The lowest BCUT2D eigenvalue weighted by molar-refractivity contribution is 0.317. The smallest absolute Gasteiger partial charge is 0.296 e. The molecule has 0 amide bonds. The summed E-state index contributed by atoms with van der Waals surface area (Å²) in [6, 6.07) is 13.0. The van der Waals surface area contributed by atoms with Gasteiger partial charge in [-0.3, -0.25) is 22.8 Å². The van der Waals surface area contributed by atoms with Crippen LogP contribution in [0.25, 0.3) is 0 Å². The largest absolute Gasteiger partial charge is 0.491 e. The van der Waals surface area contributed by atoms with E-state index in [0.29, 0.717) is 0 Å². The molecule has 0 aliphatic rings. The summed E-state index contributed by atoms with van der Waals surface area (Å²) in [6.45, 7) is -0.791. The van der Waals surface area contributed by atoms with E-state index in [1.54, 1.807) is 0 Å². The summed E-state index contributed by atoms with van der Waals surface area (Å²) in [4.78, 5) is 11.6. The number of ether oxygens (including phenoxy) is 1. The van der Waals surface area contributed by atoms with Gasteiger partial charge in [-0.05, 0) is 73.0 Å². The van der Waals surface area contributed by atoms with Crippen LogP contribution in [0.2, 0.25) is 15.1 Å². The van der Waals surface area contributed by atoms with Crippen LogP contribution >= 0.6 is 34.8 Å². The fraction of sp³-hybridized carbons (Fsp3) is 0.206. The number of aromatic nitrogens is 3. The number of anilines is 5. The zero-order chi connectivity index (χ0) is 50.2. The molecular weight excluding hydrogens is 1070 g/mol. The van der Waals surface area contributed by atoms with Crippen molar-refractivity contribution in [2.75, 3.05) is 46.4 Å². The van der Waals surface area contributed by atoms with E-state index < -0.39 is 90.6 Å². The van der Waals surface area contributed by atoms with Crippen LogP contribution in [0.5, 0.6) is 5.75 Å². The quantitative estimate of drug-likeness (QED) is 0.0196. The maximum Gasteiger partial charge on any atom is 0.296 e. The van der Waals surface area contributed by atoms with Gasteiger partial charge in [-0.15, -0.1) is 10.2 Å². The Bertz CT molecular complexity index is 3370. The fourth-order valence-electron chi connectivity index (χ4n) is 5.28. The molecule has 4 aromatic carbocycles. The molecule has 8 N–H and O–H groups in total. The van der Waals surface area contributed by atoms with Crippen molar-refractivity contribution in [1.82, 2.24) is 15.0 Å². The van der Waals surface area contributed by atoms with E-state index in [0.717, 1.165) is 24.3 Å². The number of azo groups is 2. The highest BCUT2D eigenvalue weighted by atomic mass is 35.5. The van der Waals surface area contributed by atoms with Crippen molar-refractivity contribution in [2.24, 2.45) is 20.5 Å².